The van der Waals surface area contributed by atoms with E-state index in [0.29, 0.717) is 5.82 Å². The van der Waals surface area contributed by atoms with Gasteiger partial charge in [-0.3, -0.25) is 0 Å². The highest BCUT2D eigenvalue weighted by atomic mass is 19.1. The molecule has 0 aliphatic rings. The van der Waals surface area contributed by atoms with Gasteiger partial charge in [0.1, 0.15) is 23.8 Å². The van der Waals surface area contributed by atoms with Gasteiger partial charge in [0.25, 0.3) is 0 Å². The first-order valence-corrected chi connectivity index (χ1v) is 5.76. The summed E-state index contributed by atoms with van der Waals surface area (Å²) >= 11 is 0. The molecule has 0 spiro atoms. The summed E-state index contributed by atoms with van der Waals surface area (Å²) in [7, 11) is 1.84. The summed E-state index contributed by atoms with van der Waals surface area (Å²) in [4.78, 5) is 10.1. The Bertz CT molecular complexity index is 530. The van der Waals surface area contributed by atoms with Crippen LogP contribution in [0.4, 0.5) is 21.7 Å². The van der Waals surface area contributed by atoms with E-state index in [9.17, 15) is 4.39 Å². The maximum atomic E-state index is 13.2. The molecule has 2 aromatic rings. The van der Waals surface area contributed by atoms with Crippen LogP contribution in [-0.4, -0.2) is 23.6 Å². The van der Waals surface area contributed by atoms with Crippen molar-refractivity contribution in [3.63, 3.8) is 0 Å². The lowest BCUT2D eigenvalue weighted by Gasteiger charge is -2.18. The molecule has 0 bridgehead atoms. The van der Waals surface area contributed by atoms with Crippen molar-refractivity contribution in [2.45, 2.75) is 6.92 Å². The smallest absolute Gasteiger partial charge is 0.138 e. The fourth-order valence-corrected chi connectivity index (χ4v) is 1.63. The zero-order valence-electron chi connectivity index (χ0n) is 10.4. The second-order valence-corrected chi connectivity index (χ2v) is 3.83. The largest absolute Gasteiger partial charge is 0.370 e. The van der Waals surface area contributed by atoms with E-state index in [1.54, 1.807) is 6.07 Å². The maximum Gasteiger partial charge on any atom is 0.138 e. The summed E-state index contributed by atoms with van der Waals surface area (Å²) in [5, 5.41) is 3.11. The van der Waals surface area contributed by atoms with Crippen LogP contribution in [-0.2, 0) is 0 Å². The minimum absolute atomic E-state index is 0.264. The molecule has 94 valence electrons. The Morgan fingerprint density at radius 3 is 2.83 bits per heavy atom. The van der Waals surface area contributed by atoms with E-state index in [0.717, 1.165) is 18.1 Å². The van der Waals surface area contributed by atoms with Crippen LogP contribution in [0.3, 0.4) is 0 Å². The number of anilines is 3. The number of aromatic nitrogens is 2. The molecule has 0 amide bonds. The highest BCUT2D eigenvalue weighted by Crippen LogP contribution is 2.23. The number of rotatable bonds is 4. The zero-order valence-corrected chi connectivity index (χ0v) is 10.4. The first kappa shape index (κ1) is 12.3. The first-order chi connectivity index (χ1) is 8.70. The lowest BCUT2D eigenvalue weighted by Crippen LogP contribution is -2.12. The molecule has 18 heavy (non-hydrogen) atoms. The van der Waals surface area contributed by atoms with Crippen LogP contribution in [0.2, 0.25) is 0 Å². The van der Waals surface area contributed by atoms with Crippen molar-refractivity contribution in [2.24, 2.45) is 0 Å². The fraction of sp³-hybridized carbons (Fsp3) is 0.231. The van der Waals surface area contributed by atoms with Gasteiger partial charge < -0.3 is 10.2 Å². The minimum atomic E-state index is -0.264. The predicted molar refractivity (Wildman–Crippen MR) is 70.7 cm³/mol. The molecule has 1 aromatic carbocycles. The second kappa shape index (κ2) is 5.44. The van der Waals surface area contributed by atoms with Crippen LogP contribution in [0.1, 0.15) is 6.92 Å². The monoisotopic (exact) mass is 246 g/mol. The van der Waals surface area contributed by atoms with E-state index < -0.39 is 0 Å². The lowest BCUT2D eigenvalue weighted by molar-refractivity contribution is 0.628. The van der Waals surface area contributed by atoms with Gasteiger partial charge in [-0.05, 0) is 25.1 Å². The molecular formula is C13H15FN4. The number of hydrogen-bond acceptors (Lipinski definition) is 4. The molecule has 0 saturated heterocycles. The molecule has 1 N–H and O–H groups in total. The normalized spacial score (nSPS) is 10.2. The van der Waals surface area contributed by atoms with Crippen LogP contribution in [0.15, 0.2) is 36.7 Å². The SMILES string of the molecule is CCNc1cc(N(C)c2cccc(F)c2)ncn1. The van der Waals surface area contributed by atoms with Crippen LogP contribution < -0.4 is 10.2 Å². The minimum Gasteiger partial charge on any atom is -0.370 e. The van der Waals surface area contributed by atoms with E-state index in [1.807, 2.05) is 31.0 Å². The maximum absolute atomic E-state index is 13.2. The third-order valence-corrected chi connectivity index (χ3v) is 2.55. The van der Waals surface area contributed by atoms with Crippen LogP contribution >= 0.6 is 0 Å². The Kier molecular flexibility index (Phi) is 3.72. The molecule has 0 aliphatic carbocycles. The van der Waals surface area contributed by atoms with Crippen molar-refractivity contribution in [1.29, 1.82) is 0 Å². The number of hydrogen-bond donors (Lipinski definition) is 1. The number of nitrogens with zero attached hydrogens (tertiary/aromatic N) is 3. The number of nitrogens with one attached hydrogen (secondary N) is 1. The van der Waals surface area contributed by atoms with E-state index >= 15 is 0 Å². The molecule has 0 fully saturated rings. The Hall–Kier alpha value is -2.17. The van der Waals surface area contributed by atoms with Crippen molar-refractivity contribution in [2.75, 3.05) is 23.8 Å². The standard InChI is InChI=1S/C13H15FN4/c1-3-15-12-8-13(17-9-16-12)18(2)11-6-4-5-10(14)7-11/h4-9H,3H2,1-2H3,(H,15,16,17). The summed E-state index contributed by atoms with van der Waals surface area (Å²) in [6.45, 7) is 2.79. The molecule has 4 nitrogen and oxygen atoms in total. The number of halogens is 1. The van der Waals surface area contributed by atoms with Crippen molar-refractivity contribution in [3.05, 3.63) is 42.5 Å². The molecule has 0 unspecified atom stereocenters. The predicted octanol–water partition coefficient (Wildman–Crippen LogP) is 2.82. The van der Waals surface area contributed by atoms with E-state index in [4.69, 9.17) is 0 Å². The average molecular weight is 246 g/mol. The molecule has 5 heteroatoms. The molecule has 1 aromatic heterocycles. The van der Waals surface area contributed by atoms with Gasteiger partial charge in [-0.2, -0.15) is 0 Å². The fourth-order valence-electron chi connectivity index (χ4n) is 1.63. The van der Waals surface area contributed by atoms with Gasteiger partial charge in [0.05, 0.1) is 0 Å². The third kappa shape index (κ3) is 2.74. The Morgan fingerprint density at radius 1 is 1.28 bits per heavy atom. The van der Waals surface area contributed by atoms with Gasteiger partial charge >= 0.3 is 0 Å². The van der Waals surface area contributed by atoms with Crippen molar-refractivity contribution in [1.82, 2.24) is 9.97 Å². The van der Waals surface area contributed by atoms with Crippen LogP contribution in [0.5, 0.6) is 0 Å². The summed E-state index contributed by atoms with van der Waals surface area (Å²) in [5.41, 5.74) is 0.746. The van der Waals surface area contributed by atoms with Gasteiger partial charge in [0.2, 0.25) is 0 Å². The Balaban J connectivity index is 2.27. The highest BCUT2D eigenvalue weighted by Gasteiger charge is 2.07. The summed E-state index contributed by atoms with van der Waals surface area (Å²) in [6.07, 6.45) is 1.49. The summed E-state index contributed by atoms with van der Waals surface area (Å²) in [5.74, 6) is 1.21. The third-order valence-electron chi connectivity index (χ3n) is 2.55. The van der Waals surface area contributed by atoms with E-state index in [1.165, 1.54) is 18.5 Å². The van der Waals surface area contributed by atoms with Crippen LogP contribution in [0.25, 0.3) is 0 Å². The van der Waals surface area contributed by atoms with E-state index in [-0.39, 0.29) is 5.82 Å². The molecule has 1 heterocycles. The first-order valence-electron chi connectivity index (χ1n) is 5.76. The summed E-state index contributed by atoms with van der Waals surface area (Å²) in [6, 6.07) is 8.22. The quantitative estimate of drug-likeness (QED) is 0.900. The highest BCUT2D eigenvalue weighted by molar-refractivity contribution is 5.61. The molecule has 0 radical (unpaired) electrons. The van der Waals surface area contributed by atoms with Gasteiger partial charge in [-0.1, -0.05) is 6.07 Å². The number of benzene rings is 1. The molecule has 2 rings (SSSR count). The molecular weight excluding hydrogens is 231 g/mol. The molecule has 0 saturated carbocycles. The van der Waals surface area contributed by atoms with Crippen molar-refractivity contribution in [3.8, 4) is 0 Å². The molecule has 0 aliphatic heterocycles. The Morgan fingerprint density at radius 2 is 2.11 bits per heavy atom. The van der Waals surface area contributed by atoms with E-state index in [2.05, 4.69) is 15.3 Å². The molecule has 0 atom stereocenters. The topological polar surface area (TPSA) is 41.0 Å². The average Bonchev–Trinajstić information content (AvgIpc) is 2.39. The van der Waals surface area contributed by atoms with Gasteiger partial charge in [-0.25, -0.2) is 14.4 Å². The second-order valence-electron chi connectivity index (χ2n) is 3.83. The van der Waals surface area contributed by atoms with Crippen molar-refractivity contribution >= 4 is 17.3 Å². The Labute approximate surface area is 105 Å². The summed E-state index contributed by atoms with van der Waals surface area (Å²) < 4.78 is 13.2. The van der Waals surface area contributed by atoms with Crippen molar-refractivity contribution < 1.29 is 4.39 Å². The van der Waals surface area contributed by atoms with Gasteiger partial charge in [0, 0.05) is 25.3 Å². The van der Waals surface area contributed by atoms with Crippen LogP contribution in [0, 0.1) is 5.82 Å². The lowest BCUT2D eigenvalue weighted by atomic mass is 10.3. The zero-order chi connectivity index (χ0) is 13.0. The van der Waals surface area contributed by atoms with Gasteiger partial charge in [0.15, 0.2) is 0 Å². The van der Waals surface area contributed by atoms with Gasteiger partial charge in [-0.15, -0.1) is 0 Å².